The number of nitrogens with one attached hydrogen (secondary N) is 1. The first-order valence-corrected chi connectivity index (χ1v) is 9.31. The van der Waals surface area contributed by atoms with Crippen LogP contribution < -0.4 is 5.32 Å². The summed E-state index contributed by atoms with van der Waals surface area (Å²) in [6.45, 7) is 6.00. The van der Waals surface area contributed by atoms with Gasteiger partial charge >= 0.3 is 0 Å². The second-order valence-electron chi connectivity index (χ2n) is 6.01. The van der Waals surface area contributed by atoms with Crippen LogP contribution in [0.2, 0.25) is 0 Å². The van der Waals surface area contributed by atoms with Crippen molar-refractivity contribution >= 4 is 17.7 Å². The number of aromatic nitrogens is 3. The van der Waals surface area contributed by atoms with E-state index < -0.39 is 5.54 Å². The fourth-order valence-electron chi connectivity index (χ4n) is 2.58. The Hall–Kier alpha value is -2.26. The van der Waals surface area contributed by atoms with E-state index in [2.05, 4.69) is 27.5 Å². The summed E-state index contributed by atoms with van der Waals surface area (Å²) >= 11 is 1.36. The van der Waals surface area contributed by atoms with E-state index in [1.807, 2.05) is 50.6 Å². The molecule has 1 heterocycles. The van der Waals surface area contributed by atoms with Crippen molar-refractivity contribution < 1.29 is 4.79 Å². The molecule has 0 bridgehead atoms. The molecule has 2 aromatic rings. The molecule has 0 aliphatic heterocycles. The van der Waals surface area contributed by atoms with Crippen molar-refractivity contribution in [2.75, 3.05) is 5.75 Å². The van der Waals surface area contributed by atoms with Gasteiger partial charge < -0.3 is 9.88 Å². The van der Waals surface area contributed by atoms with E-state index in [-0.39, 0.29) is 11.7 Å². The topological polar surface area (TPSA) is 59.8 Å². The lowest BCUT2D eigenvalue weighted by atomic mass is 9.94. The normalized spacial score (nSPS) is 11.2. The van der Waals surface area contributed by atoms with E-state index in [1.54, 1.807) is 0 Å². The molecule has 5 nitrogen and oxygen atoms in total. The fraction of sp³-hybridized carbons (Fsp3) is 0.421. The molecule has 0 spiro atoms. The monoisotopic (exact) mass is 356 g/mol. The summed E-state index contributed by atoms with van der Waals surface area (Å²) in [5, 5.41) is 12.1. The van der Waals surface area contributed by atoms with Crippen molar-refractivity contribution in [3.05, 3.63) is 29.8 Å². The Morgan fingerprint density at radius 1 is 1.36 bits per heavy atom. The molecular formula is C19H24N4OS. The molecule has 0 saturated carbocycles. The maximum Gasteiger partial charge on any atom is 0.231 e. The minimum atomic E-state index is -0.565. The Morgan fingerprint density at radius 2 is 2.08 bits per heavy atom. The Kier molecular flexibility index (Phi) is 6.27. The van der Waals surface area contributed by atoms with Gasteiger partial charge in [-0.1, -0.05) is 55.3 Å². The summed E-state index contributed by atoms with van der Waals surface area (Å²) < 4.78 is 1.90. The van der Waals surface area contributed by atoms with Crippen LogP contribution in [0, 0.1) is 19.3 Å². The smallest absolute Gasteiger partial charge is 0.231 e. The van der Waals surface area contributed by atoms with Crippen LogP contribution in [0.3, 0.4) is 0 Å². The van der Waals surface area contributed by atoms with Gasteiger partial charge in [0.05, 0.1) is 5.75 Å². The molecule has 0 atom stereocenters. The van der Waals surface area contributed by atoms with Crippen LogP contribution in [0.25, 0.3) is 11.4 Å². The standard InChI is InChI=1S/C19H24N4OS/c1-6-19(7-2,8-3)20-16(24)13-25-18-22-21-17(23(18)5)15-11-9-10-14(4)12-15/h1,9-12H,7-8,13H2,2-5H3,(H,20,24). The number of rotatable bonds is 7. The van der Waals surface area contributed by atoms with Crippen LogP contribution >= 0.6 is 11.8 Å². The Labute approximate surface area is 153 Å². The largest absolute Gasteiger partial charge is 0.339 e. The molecule has 1 aromatic heterocycles. The van der Waals surface area contributed by atoms with Crippen LogP contribution in [0.1, 0.15) is 32.3 Å². The molecule has 0 fully saturated rings. The highest BCUT2D eigenvalue weighted by atomic mass is 32.2. The third-order valence-corrected chi connectivity index (χ3v) is 5.33. The summed E-state index contributed by atoms with van der Waals surface area (Å²) in [5.41, 5.74) is 1.61. The van der Waals surface area contributed by atoms with E-state index in [0.717, 1.165) is 11.4 Å². The second-order valence-corrected chi connectivity index (χ2v) is 6.95. The molecular weight excluding hydrogens is 332 g/mol. The van der Waals surface area contributed by atoms with Gasteiger partial charge in [-0.3, -0.25) is 4.79 Å². The first-order valence-electron chi connectivity index (χ1n) is 8.32. The van der Waals surface area contributed by atoms with Gasteiger partial charge in [0.2, 0.25) is 5.91 Å². The van der Waals surface area contributed by atoms with Gasteiger partial charge in [0.25, 0.3) is 0 Å². The average molecular weight is 356 g/mol. The van der Waals surface area contributed by atoms with E-state index in [4.69, 9.17) is 6.42 Å². The molecule has 1 amide bonds. The molecule has 6 heteroatoms. The third-order valence-electron chi connectivity index (χ3n) is 4.31. The van der Waals surface area contributed by atoms with Gasteiger partial charge in [-0.15, -0.1) is 16.6 Å². The van der Waals surface area contributed by atoms with Crippen molar-refractivity contribution in [2.45, 2.75) is 44.3 Å². The SMILES string of the molecule is C#CC(CC)(CC)NC(=O)CSc1nnc(-c2cccc(C)c2)n1C. The summed E-state index contributed by atoms with van der Waals surface area (Å²) in [6, 6.07) is 8.10. The minimum Gasteiger partial charge on any atom is -0.339 e. The highest BCUT2D eigenvalue weighted by Gasteiger charge is 2.25. The number of hydrogen-bond donors (Lipinski definition) is 1. The molecule has 0 unspecified atom stereocenters. The number of benzene rings is 1. The van der Waals surface area contributed by atoms with Gasteiger partial charge in [-0.2, -0.15) is 0 Å². The number of aryl methyl sites for hydroxylation is 1. The van der Waals surface area contributed by atoms with Crippen molar-refractivity contribution in [3.63, 3.8) is 0 Å². The maximum atomic E-state index is 12.3. The highest BCUT2D eigenvalue weighted by molar-refractivity contribution is 7.99. The van der Waals surface area contributed by atoms with E-state index in [1.165, 1.54) is 17.3 Å². The average Bonchev–Trinajstić information content (AvgIpc) is 2.99. The van der Waals surface area contributed by atoms with Crippen LogP contribution in [0.4, 0.5) is 0 Å². The van der Waals surface area contributed by atoms with E-state index >= 15 is 0 Å². The van der Waals surface area contributed by atoms with Gasteiger partial charge in [0.1, 0.15) is 5.54 Å². The molecule has 1 N–H and O–H groups in total. The number of terminal acetylenes is 1. The number of nitrogens with zero attached hydrogens (tertiary/aromatic N) is 3. The number of thioether (sulfide) groups is 1. The van der Waals surface area contributed by atoms with Crippen molar-refractivity contribution in [3.8, 4) is 23.7 Å². The number of carbonyl (C=O) groups is 1. The molecule has 0 aliphatic rings. The molecule has 1 aromatic carbocycles. The summed E-state index contributed by atoms with van der Waals surface area (Å²) in [6.07, 6.45) is 7.00. The molecule has 132 valence electrons. The number of amides is 1. The zero-order chi connectivity index (χ0) is 18.4. The molecule has 0 radical (unpaired) electrons. The lowest BCUT2D eigenvalue weighted by molar-refractivity contribution is -0.119. The predicted octanol–water partition coefficient (Wildman–Crippen LogP) is 3.19. The van der Waals surface area contributed by atoms with Crippen LogP contribution in [0.15, 0.2) is 29.4 Å². The van der Waals surface area contributed by atoms with Crippen molar-refractivity contribution in [1.29, 1.82) is 0 Å². The second kappa shape index (κ2) is 8.21. The molecule has 25 heavy (non-hydrogen) atoms. The molecule has 0 saturated heterocycles. The molecule has 2 rings (SSSR count). The number of hydrogen-bond acceptors (Lipinski definition) is 4. The van der Waals surface area contributed by atoms with Crippen molar-refractivity contribution in [1.82, 2.24) is 20.1 Å². The zero-order valence-corrected chi connectivity index (χ0v) is 16.0. The zero-order valence-electron chi connectivity index (χ0n) is 15.2. The highest BCUT2D eigenvalue weighted by Crippen LogP contribution is 2.23. The quantitative estimate of drug-likeness (QED) is 0.611. The van der Waals surface area contributed by atoms with Crippen molar-refractivity contribution in [2.24, 2.45) is 7.05 Å². The fourth-order valence-corrected chi connectivity index (χ4v) is 3.29. The summed E-state index contributed by atoms with van der Waals surface area (Å²) in [4.78, 5) is 12.3. The first-order chi connectivity index (χ1) is 11.9. The Balaban J connectivity index is 2.05. The number of carbonyl (C=O) groups excluding carboxylic acids is 1. The van der Waals surface area contributed by atoms with Gasteiger partial charge in [0.15, 0.2) is 11.0 Å². The Morgan fingerprint density at radius 3 is 2.68 bits per heavy atom. The minimum absolute atomic E-state index is 0.0910. The third kappa shape index (κ3) is 4.43. The predicted molar refractivity (Wildman–Crippen MR) is 102 cm³/mol. The summed E-state index contributed by atoms with van der Waals surface area (Å²) in [7, 11) is 1.90. The first kappa shape index (κ1) is 19.1. The van der Waals surface area contributed by atoms with E-state index in [9.17, 15) is 4.79 Å². The lowest BCUT2D eigenvalue weighted by Crippen LogP contribution is -2.47. The van der Waals surface area contributed by atoms with Crippen LogP contribution in [-0.4, -0.2) is 32.0 Å². The van der Waals surface area contributed by atoms with Crippen LogP contribution in [0.5, 0.6) is 0 Å². The Bertz CT molecular complexity index is 787. The van der Waals surface area contributed by atoms with Gasteiger partial charge in [-0.05, 0) is 25.8 Å². The van der Waals surface area contributed by atoms with Crippen LogP contribution in [-0.2, 0) is 11.8 Å². The lowest BCUT2D eigenvalue weighted by Gasteiger charge is -2.26. The maximum absolute atomic E-state index is 12.3. The van der Waals surface area contributed by atoms with E-state index in [0.29, 0.717) is 18.0 Å². The summed E-state index contributed by atoms with van der Waals surface area (Å²) in [5.74, 6) is 3.66. The van der Waals surface area contributed by atoms with Gasteiger partial charge in [0, 0.05) is 12.6 Å². The van der Waals surface area contributed by atoms with Gasteiger partial charge in [-0.25, -0.2) is 0 Å². The molecule has 0 aliphatic carbocycles.